The van der Waals surface area contributed by atoms with Crippen LogP contribution in [0.4, 0.5) is 0 Å². The number of hydrogen-bond acceptors (Lipinski definition) is 4. The summed E-state index contributed by atoms with van der Waals surface area (Å²) >= 11 is 0. The van der Waals surface area contributed by atoms with Gasteiger partial charge < -0.3 is 20.4 Å². The minimum atomic E-state index is -0.886. The lowest BCUT2D eigenvalue weighted by molar-refractivity contribution is -0.133. The smallest absolute Gasteiger partial charge is 0.226 e. The summed E-state index contributed by atoms with van der Waals surface area (Å²) in [7, 11) is 0. The summed E-state index contributed by atoms with van der Waals surface area (Å²) in [5.41, 5.74) is 5.27. The molecule has 1 heterocycles. The van der Waals surface area contributed by atoms with Crippen LogP contribution in [-0.2, 0) is 35.3 Å². The second-order valence-corrected chi connectivity index (χ2v) is 12.7. The number of hydrogen-bond donors (Lipinski definition) is 3. The summed E-state index contributed by atoms with van der Waals surface area (Å²) in [6, 6.07) is 37.4. The Labute approximate surface area is 265 Å². The van der Waals surface area contributed by atoms with Crippen molar-refractivity contribution in [2.45, 2.75) is 62.8 Å². The molecule has 1 aliphatic heterocycles. The average molecular weight is 603 g/mol. The summed E-state index contributed by atoms with van der Waals surface area (Å²) in [5, 5.41) is 25.4. The van der Waals surface area contributed by atoms with Crippen LogP contribution in [0.5, 0.6) is 0 Å². The first-order valence-electron chi connectivity index (χ1n) is 16.1. The lowest BCUT2D eigenvalue weighted by Gasteiger charge is -2.29. The topological polar surface area (TPSA) is 89.9 Å². The number of likely N-dealkylation sites (tertiary alicyclic amines) is 1. The molecule has 6 rings (SSSR count). The number of aliphatic hydroxyl groups excluding tert-OH is 2. The van der Waals surface area contributed by atoms with Crippen LogP contribution in [0, 0.1) is 11.8 Å². The van der Waals surface area contributed by atoms with E-state index in [2.05, 4.69) is 29.6 Å². The molecule has 4 aromatic rings. The number of rotatable bonds is 12. The standard InChI is InChI=1S/C39H42N2O4/c42-34(26-41-33(22-29-16-8-3-9-17-29)23-32(39(41)45)21-28-14-6-2-7-15-28)24-31(20-27-12-4-1-5-13-27)38(44)40-37-35-19-11-10-18-30(35)25-36(37)43/h1-19,31-34,36-37,42-43H,20-26H2,(H,40,44)/t31-,32-,33-,34-,36+,37-/m0/s1. The van der Waals surface area contributed by atoms with E-state index >= 15 is 0 Å². The predicted molar refractivity (Wildman–Crippen MR) is 175 cm³/mol. The van der Waals surface area contributed by atoms with Gasteiger partial charge >= 0.3 is 0 Å². The van der Waals surface area contributed by atoms with E-state index < -0.39 is 24.2 Å². The Morgan fingerprint density at radius 2 is 1.38 bits per heavy atom. The van der Waals surface area contributed by atoms with Crippen molar-refractivity contribution in [3.05, 3.63) is 143 Å². The highest BCUT2D eigenvalue weighted by atomic mass is 16.3. The number of nitrogens with one attached hydrogen (secondary N) is 1. The molecule has 3 N–H and O–H groups in total. The van der Waals surface area contributed by atoms with Crippen LogP contribution in [0.25, 0.3) is 0 Å². The monoisotopic (exact) mass is 602 g/mol. The van der Waals surface area contributed by atoms with Gasteiger partial charge in [-0.15, -0.1) is 0 Å². The number of carbonyl (C=O) groups excluding carboxylic acids is 2. The molecule has 4 aromatic carbocycles. The zero-order valence-corrected chi connectivity index (χ0v) is 25.5. The zero-order valence-electron chi connectivity index (χ0n) is 25.5. The Balaban J connectivity index is 1.18. The number of aliphatic hydroxyl groups is 2. The first kappa shape index (κ1) is 30.8. The molecule has 2 aliphatic rings. The molecular weight excluding hydrogens is 560 g/mol. The Morgan fingerprint density at radius 3 is 2.04 bits per heavy atom. The van der Waals surface area contributed by atoms with Crippen molar-refractivity contribution in [1.29, 1.82) is 0 Å². The summed E-state index contributed by atoms with van der Waals surface area (Å²) in [4.78, 5) is 29.6. The second kappa shape index (κ2) is 14.2. The molecule has 0 aromatic heterocycles. The number of β-amino-alcohol motifs (C(OH)–C–C–N with tert-alkyl or cyclic N) is 1. The van der Waals surface area contributed by atoms with Gasteiger partial charge in [0.2, 0.25) is 11.8 Å². The van der Waals surface area contributed by atoms with Crippen LogP contribution in [0.15, 0.2) is 115 Å². The highest BCUT2D eigenvalue weighted by Crippen LogP contribution is 2.33. The quantitative estimate of drug-likeness (QED) is 0.211. The molecule has 232 valence electrons. The molecule has 0 unspecified atom stereocenters. The van der Waals surface area contributed by atoms with Gasteiger partial charge in [0.25, 0.3) is 0 Å². The summed E-state index contributed by atoms with van der Waals surface area (Å²) in [5.74, 6) is -0.823. The highest BCUT2D eigenvalue weighted by Gasteiger charge is 2.41. The van der Waals surface area contributed by atoms with Crippen LogP contribution in [0.1, 0.15) is 46.7 Å². The molecule has 0 saturated carbocycles. The number of nitrogens with zero attached hydrogens (tertiary/aromatic N) is 1. The van der Waals surface area contributed by atoms with E-state index in [1.165, 1.54) is 0 Å². The van der Waals surface area contributed by atoms with Crippen LogP contribution in [0.2, 0.25) is 0 Å². The van der Waals surface area contributed by atoms with Gasteiger partial charge in [-0.2, -0.15) is 0 Å². The van der Waals surface area contributed by atoms with Gasteiger partial charge in [-0.3, -0.25) is 9.59 Å². The maximum absolute atomic E-state index is 13.8. The van der Waals surface area contributed by atoms with E-state index in [0.717, 1.165) is 40.7 Å². The van der Waals surface area contributed by atoms with Crippen LogP contribution < -0.4 is 5.32 Å². The third-order valence-electron chi connectivity index (χ3n) is 9.43. The second-order valence-electron chi connectivity index (χ2n) is 12.7. The number of carbonyl (C=O) groups is 2. The van der Waals surface area contributed by atoms with E-state index in [9.17, 15) is 19.8 Å². The first-order chi connectivity index (χ1) is 21.9. The van der Waals surface area contributed by atoms with Gasteiger partial charge in [0.1, 0.15) is 0 Å². The van der Waals surface area contributed by atoms with Gasteiger partial charge in [-0.05, 0) is 59.9 Å². The van der Waals surface area contributed by atoms with Gasteiger partial charge in [-0.25, -0.2) is 0 Å². The fourth-order valence-corrected chi connectivity index (χ4v) is 7.19. The van der Waals surface area contributed by atoms with E-state index in [4.69, 9.17) is 0 Å². The lowest BCUT2D eigenvalue weighted by atomic mass is 9.91. The number of fused-ring (bicyclic) bond motifs is 1. The molecule has 0 spiro atoms. The number of benzene rings is 4. The molecule has 45 heavy (non-hydrogen) atoms. The largest absolute Gasteiger partial charge is 0.391 e. The molecule has 0 bridgehead atoms. The molecular formula is C39H42N2O4. The van der Waals surface area contributed by atoms with E-state index in [0.29, 0.717) is 19.3 Å². The third-order valence-corrected chi connectivity index (χ3v) is 9.43. The molecule has 1 fully saturated rings. The maximum atomic E-state index is 13.8. The molecule has 0 radical (unpaired) electrons. The van der Waals surface area contributed by atoms with Crippen molar-refractivity contribution < 1.29 is 19.8 Å². The van der Waals surface area contributed by atoms with Crippen molar-refractivity contribution >= 4 is 11.8 Å². The molecule has 6 atom stereocenters. The summed E-state index contributed by atoms with van der Waals surface area (Å²) in [6.45, 7) is 0.176. The Bertz CT molecular complexity index is 1560. The van der Waals surface area contributed by atoms with Gasteiger partial charge in [0.05, 0.1) is 18.2 Å². The zero-order chi connectivity index (χ0) is 31.2. The van der Waals surface area contributed by atoms with Crippen LogP contribution in [-0.4, -0.2) is 51.7 Å². The molecule has 1 aliphatic carbocycles. The molecule has 2 amide bonds. The highest BCUT2D eigenvalue weighted by molar-refractivity contribution is 5.82. The van der Waals surface area contributed by atoms with Gasteiger partial charge in [-0.1, -0.05) is 115 Å². The van der Waals surface area contributed by atoms with Crippen molar-refractivity contribution in [2.75, 3.05) is 6.54 Å². The molecule has 1 saturated heterocycles. The summed E-state index contributed by atoms with van der Waals surface area (Å²) < 4.78 is 0. The predicted octanol–water partition coefficient (Wildman–Crippen LogP) is 5.07. The maximum Gasteiger partial charge on any atom is 0.226 e. The average Bonchev–Trinajstić information content (AvgIpc) is 3.52. The minimum Gasteiger partial charge on any atom is -0.391 e. The lowest BCUT2D eigenvalue weighted by Crippen LogP contribution is -2.43. The van der Waals surface area contributed by atoms with E-state index in [1.807, 2.05) is 95.9 Å². The molecule has 6 heteroatoms. The van der Waals surface area contributed by atoms with Gasteiger partial charge in [0.15, 0.2) is 0 Å². The first-order valence-corrected chi connectivity index (χ1v) is 16.1. The third kappa shape index (κ3) is 7.52. The molecule has 6 nitrogen and oxygen atoms in total. The van der Waals surface area contributed by atoms with Crippen molar-refractivity contribution in [3.8, 4) is 0 Å². The SMILES string of the molecule is O=C(N[C@H]1c2ccccc2C[C@H]1O)[C@@H](Cc1ccccc1)C[C@H](O)CN1C(=O)[C@@H](Cc2ccccc2)C[C@@H]1Cc1ccccc1. The fraction of sp³-hybridized carbons (Fsp3) is 0.333. The normalized spacial score (nSPS) is 22.2. The fourth-order valence-electron chi connectivity index (χ4n) is 7.19. The van der Waals surface area contributed by atoms with E-state index in [-0.39, 0.29) is 36.7 Å². The number of amides is 2. The van der Waals surface area contributed by atoms with E-state index in [1.54, 1.807) is 0 Å². The van der Waals surface area contributed by atoms with Crippen LogP contribution >= 0.6 is 0 Å². The van der Waals surface area contributed by atoms with Crippen molar-refractivity contribution in [2.24, 2.45) is 11.8 Å². The minimum absolute atomic E-state index is 0.0326. The van der Waals surface area contributed by atoms with Crippen molar-refractivity contribution in [3.63, 3.8) is 0 Å². The Morgan fingerprint density at radius 1 is 0.800 bits per heavy atom. The van der Waals surface area contributed by atoms with Gasteiger partial charge in [0, 0.05) is 30.8 Å². The Hall–Kier alpha value is -4.26. The summed E-state index contributed by atoms with van der Waals surface area (Å²) in [6.07, 6.45) is 1.68. The van der Waals surface area contributed by atoms with Crippen LogP contribution in [0.3, 0.4) is 0 Å². The van der Waals surface area contributed by atoms with Crippen molar-refractivity contribution in [1.82, 2.24) is 10.2 Å². The Kier molecular flexibility index (Phi) is 9.72.